The highest BCUT2D eigenvalue weighted by atomic mass is 32.1. The fraction of sp³-hybridized carbons (Fsp3) is 0.292. The molecule has 0 aliphatic heterocycles. The van der Waals surface area contributed by atoms with Gasteiger partial charge in [0, 0.05) is 16.8 Å². The van der Waals surface area contributed by atoms with E-state index in [0.29, 0.717) is 0 Å². The predicted molar refractivity (Wildman–Crippen MR) is 119 cm³/mol. The van der Waals surface area contributed by atoms with Crippen molar-refractivity contribution >= 4 is 39.7 Å². The van der Waals surface area contributed by atoms with Crippen molar-refractivity contribution in [2.24, 2.45) is 0 Å². The molecule has 0 unspecified atom stereocenters. The lowest BCUT2D eigenvalue weighted by atomic mass is 9.98. The SMILES string of the molecule is S=CCCCCCCCc1ccc2ccccc2c1Nc1ccccc1. The van der Waals surface area contributed by atoms with Crippen LogP contribution in [0.1, 0.15) is 44.1 Å². The number of benzene rings is 3. The van der Waals surface area contributed by atoms with Crippen molar-refractivity contribution in [3.63, 3.8) is 0 Å². The normalized spacial score (nSPS) is 10.8. The number of anilines is 2. The first kappa shape index (κ1) is 18.6. The molecule has 0 amide bonds. The minimum absolute atomic E-state index is 1.07. The number of nitrogens with one attached hydrogen (secondary N) is 1. The number of hydrogen-bond donors (Lipinski definition) is 1. The van der Waals surface area contributed by atoms with Gasteiger partial charge in [-0.3, -0.25) is 0 Å². The van der Waals surface area contributed by atoms with Gasteiger partial charge in [-0.05, 0) is 54.1 Å². The second-order valence-electron chi connectivity index (χ2n) is 6.78. The van der Waals surface area contributed by atoms with E-state index in [4.69, 9.17) is 12.2 Å². The highest BCUT2D eigenvalue weighted by molar-refractivity contribution is 7.78. The second kappa shape index (κ2) is 10.1. The lowest BCUT2D eigenvalue weighted by Gasteiger charge is -2.15. The van der Waals surface area contributed by atoms with Crippen LogP contribution in [-0.2, 0) is 6.42 Å². The topological polar surface area (TPSA) is 12.0 Å². The Morgan fingerprint density at radius 2 is 1.46 bits per heavy atom. The summed E-state index contributed by atoms with van der Waals surface area (Å²) in [5, 5.41) is 8.11. The largest absolute Gasteiger partial charge is 0.355 e. The van der Waals surface area contributed by atoms with E-state index in [1.807, 2.05) is 5.37 Å². The average Bonchev–Trinajstić information content (AvgIpc) is 2.69. The lowest BCUT2D eigenvalue weighted by molar-refractivity contribution is 0.624. The van der Waals surface area contributed by atoms with Crippen LogP contribution < -0.4 is 5.32 Å². The van der Waals surface area contributed by atoms with Crippen molar-refractivity contribution in [1.82, 2.24) is 0 Å². The standard InChI is InChI=1S/C24H27NS/c26-19-11-4-2-1-3-6-13-21-18-17-20-12-9-10-16-23(20)24(21)25-22-14-7-5-8-15-22/h5,7-10,12,14-19,25H,1-4,6,11,13H2. The third-order valence-electron chi connectivity index (χ3n) is 4.83. The Bertz CT molecular complexity index is 826. The molecule has 0 radical (unpaired) electrons. The molecule has 0 bridgehead atoms. The fourth-order valence-corrected chi connectivity index (χ4v) is 3.58. The Labute approximate surface area is 162 Å². The van der Waals surface area contributed by atoms with Gasteiger partial charge < -0.3 is 5.32 Å². The summed E-state index contributed by atoms with van der Waals surface area (Å²) in [6, 6.07) is 23.6. The molecule has 1 nitrogen and oxygen atoms in total. The highest BCUT2D eigenvalue weighted by Crippen LogP contribution is 2.31. The maximum Gasteiger partial charge on any atom is 0.0496 e. The highest BCUT2D eigenvalue weighted by Gasteiger charge is 2.08. The van der Waals surface area contributed by atoms with Crippen LogP contribution in [0.3, 0.4) is 0 Å². The summed E-state index contributed by atoms with van der Waals surface area (Å²) in [7, 11) is 0. The lowest BCUT2D eigenvalue weighted by Crippen LogP contribution is -1.98. The van der Waals surface area contributed by atoms with Gasteiger partial charge >= 0.3 is 0 Å². The van der Waals surface area contributed by atoms with E-state index >= 15 is 0 Å². The Kier molecular flexibility index (Phi) is 7.21. The van der Waals surface area contributed by atoms with Crippen molar-refractivity contribution < 1.29 is 0 Å². The molecular weight excluding hydrogens is 334 g/mol. The molecule has 134 valence electrons. The monoisotopic (exact) mass is 361 g/mol. The summed E-state index contributed by atoms with van der Waals surface area (Å²) in [5.74, 6) is 0. The number of thiocarbonyl (C=S) groups is 1. The molecule has 26 heavy (non-hydrogen) atoms. The molecule has 0 spiro atoms. The summed E-state index contributed by atoms with van der Waals surface area (Å²) in [6.45, 7) is 0. The number of fused-ring (bicyclic) bond motifs is 1. The fourth-order valence-electron chi connectivity index (χ4n) is 3.41. The Morgan fingerprint density at radius 3 is 2.31 bits per heavy atom. The number of unbranched alkanes of at least 4 members (excludes halogenated alkanes) is 5. The van der Waals surface area contributed by atoms with Gasteiger partial charge in [0.05, 0.1) is 0 Å². The molecule has 0 saturated carbocycles. The predicted octanol–water partition coefficient (Wildman–Crippen LogP) is 7.47. The van der Waals surface area contributed by atoms with Gasteiger partial charge in [-0.2, -0.15) is 0 Å². The molecule has 3 aromatic rings. The Morgan fingerprint density at radius 1 is 0.731 bits per heavy atom. The molecule has 0 heterocycles. The summed E-state index contributed by atoms with van der Waals surface area (Å²) < 4.78 is 0. The molecule has 0 atom stereocenters. The third kappa shape index (κ3) is 5.15. The minimum atomic E-state index is 1.07. The molecule has 3 aromatic carbocycles. The molecule has 3 rings (SSSR count). The van der Waals surface area contributed by atoms with Crippen LogP contribution in [0.5, 0.6) is 0 Å². The van der Waals surface area contributed by atoms with E-state index in [9.17, 15) is 0 Å². The van der Waals surface area contributed by atoms with Gasteiger partial charge in [-0.15, -0.1) is 0 Å². The van der Waals surface area contributed by atoms with Crippen molar-refractivity contribution in [3.8, 4) is 0 Å². The van der Waals surface area contributed by atoms with Crippen LogP contribution in [0.15, 0.2) is 66.7 Å². The molecule has 2 heteroatoms. The molecule has 0 aliphatic carbocycles. The zero-order valence-corrected chi connectivity index (χ0v) is 16.1. The molecule has 0 aliphatic rings. The van der Waals surface area contributed by atoms with Gasteiger partial charge in [0.15, 0.2) is 0 Å². The molecule has 0 saturated heterocycles. The summed E-state index contributed by atoms with van der Waals surface area (Å²) >= 11 is 4.89. The molecule has 0 fully saturated rings. The zero-order valence-electron chi connectivity index (χ0n) is 15.3. The van der Waals surface area contributed by atoms with E-state index in [0.717, 1.165) is 18.5 Å². The maximum absolute atomic E-state index is 4.89. The number of rotatable bonds is 10. The van der Waals surface area contributed by atoms with Crippen LogP contribution in [0.25, 0.3) is 10.8 Å². The van der Waals surface area contributed by atoms with E-state index in [1.165, 1.54) is 54.1 Å². The number of para-hydroxylation sites is 1. The van der Waals surface area contributed by atoms with Crippen LogP contribution in [0, 0.1) is 0 Å². The van der Waals surface area contributed by atoms with E-state index in [-0.39, 0.29) is 0 Å². The summed E-state index contributed by atoms with van der Waals surface area (Å²) in [6.07, 6.45) is 8.55. The number of hydrogen-bond acceptors (Lipinski definition) is 2. The number of aryl methyl sites for hydroxylation is 1. The van der Waals surface area contributed by atoms with E-state index in [1.54, 1.807) is 0 Å². The molecule has 1 N–H and O–H groups in total. The van der Waals surface area contributed by atoms with Crippen LogP contribution >= 0.6 is 12.2 Å². The smallest absolute Gasteiger partial charge is 0.0496 e. The van der Waals surface area contributed by atoms with Gasteiger partial charge in [0.25, 0.3) is 0 Å². The van der Waals surface area contributed by atoms with Crippen LogP contribution in [0.2, 0.25) is 0 Å². The molecule has 0 aromatic heterocycles. The van der Waals surface area contributed by atoms with Crippen molar-refractivity contribution in [3.05, 3.63) is 72.3 Å². The van der Waals surface area contributed by atoms with Crippen molar-refractivity contribution in [2.45, 2.75) is 44.9 Å². The van der Waals surface area contributed by atoms with Crippen LogP contribution in [0.4, 0.5) is 11.4 Å². The molecular formula is C24H27NS. The Balaban J connectivity index is 1.72. The van der Waals surface area contributed by atoms with Gasteiger partial charge in [-0.1, -0.05) is 86.1 Å². The van der Waals surface area contributed by atoms with Crippen molar-refractivity contribution in [2.75, 3.05) is 5.32 Å². The first-order valence-corrected chi connectivity index (χ1v) is 10.1. The van der Waals surface area contributed by atoms with E-state index in [2.05, 4.69) is 72.0 Å². The second-order valence-corrected chi connectivity index (χ2v) is 7.12. The quantitative estimate of drug-likeness (QED) is 0.297. The third-order valence-corrected chi connectivity index (χ3v) is 5.06. The van der Waals surface area contributed by atoms with Crippen LogP contribution in [-0.4, -0.2) is 5.37 Å². The van der Waals surface area contributed by atoms with Gasteiger partial charge in [-0.25, -0.2) is 0 Å². The maximum atomic E-state index is 4.89. The van der Waals surface area contributed by atoms with Crippen molar-refractivity contribution in [1.29, 1.82) is 0 Å². The Hall–Kier alpha value is -2.19. The van der Waals surface area contributed by atoms with Gasteiger partial charge in [0.2, 0.25) is 0 Å². The van der Waals surface area contributed by atoms with E-state index < -0.39 is 0 Å². The summed E-state index contributed by atoms with van der Waals surface area (Å²) in [4.78, 5) is 0. The average molecular weight is 362 g/mol. The first-order valence-electron chi connectivity index (χ1n) is 9.65. The summed E-state index contributed by atoms with van der Waals surface area (Å²) in [5.41, 5.74) is 3.81. The zero-order chi connectivity index (χ0) is 18.0. The van der Waals surface area contributed by atoms with Gasteiger partial charge in [0.1, 0.15) is 0 Å². The minimum Gasteiger partial charge on any atom is -0.355 e. The first-order chi connectivity index (χ1) is 12.9.